The summed E-state index contributed by atoms with van der Waals surface area (Å²) in [5, 5.41) is 0. The number of hydrogen-bond acceptors (Lipinski definition) is 5. The fraction of sp³-hybridized carbons (Fsp3) is 0.273. The summed E-state index contributed by atoms with van der Waals surface area (Å²) in [4.78, 5) is 22.1. The van der Waals surface area contributed by atoms with Crippen LogP contribution in [0, 0.1) is 0 Å². The Labute approximate surface area is 92.9 Å². The zero-order valence-corrected chi connectivity index (χ0v) is 9.06. The summed E-state index contributed by atoms with van der Waals surface area (Å²) in [6, 6.07) is 6.06. The molecule has 0 aliphatic heterocycles. The minimum atomic E-state index is -0.492. The number of ether oxygens (including phenoxy) is 3. The van der Waals surface area contributed by atoms with Gasteiger partial charge < -0.3 is 14.2 Å². The second-order valence-electron chi connectivity index (χ2n) is 2.92. The van der Waals surface area contributed by atoms with E-state index in [9.17, 15) is 9.59 Å². The minimum Gasteiger partial charge on any atom is -0.465 e. The van der Waals surface area contributed by atoms with Crippen molar-refractivity contribution in [3.63, 3.8) is 0 Å². The van der Waals surface area contributed by atoms with Gasteiger partial charge >= 0.3 is 11.9 Å². The molecule has 0 amide bonds. The molecule has 0 radical (unpaired) electrons. The molecule has 5 heteroatoms. The first-order valence-electron chi connectivity index (χ1n) is 4.55. The summed E-state index contributed by atoms with van der Waals surface area (Å²) in [5.41, 5.74) is 0.397. The Balaban J connectivity index is 2.64. The maximum atomic E-state index is 11.1. The number of methoxy groups -OCH3 is 2. The molecular weight excluding hydrogens is 212 g/mol. The highest BCUT2D eigenvalue weighted by molar-refractivity contribution is 5.89. The molecule has 1 aromatic rings. The summed E-state index contributed by atoms with van der Waals surface area (Å²) in [6.45, 7) is -0.112. The molecule has 0 atom stereocenters. The van der Waals surface area contributed by atoms with Gasteiger partial charge in [0, 0.05) is 7.11 Å². The van der Waals surface area contributed by atoms with Crippen molar-refractivity contribution in [2.75, 3.05) is 20.8 Å². The molecule has 1 aromatic carbocycles. The summed E-state index contributed by atoms with van der Waals surface area (Å²) in [7, 11) is 2.70. The number of carbonyl (C=O) groups is 2. The van der Waals surface area contributed by atoms with Gasteiger partial charge in [-0.25, -0.2) is 9.59 Å². The summed E-state index contributed by atoms with van der Waals surface area (Å²) in [6.07, 6.45) is 0. The third-order valence-corrected chi connectivity index (χ3v) is 1.77. The molecule has 0 aliphatic rings. The van der Waals surface area contributed by atoms with Gasteiger partial charge in [-0.15, -0.1) is 0 Å². The Bertz CT molecular complexity index is 368. The lowest BCUT2D eigenvalue weighted by Crippen LogP contribution is -2.14. The van der Waals surface area contributed by atoms with E-state index in [-0.39, 0.29) is 6.61 Å². The highest BCUT2D eigenvalue weighted by Gasteiger charge is 2.07. The van der Waals surface area contributed by atoms with Gasteiger partial charge in [-0.2, -0.15) is 0 Å². The van der Waals surface area contributed by atoms with Crippen LogP contribution >= 0.6 is 0 Å². The van der Waals surface area contributed by atoms with Crippen molar-refractivity contribution in [2.45, 2.75) is 0 Å². The number of rotatable bonds is 4. The third kappa shape index (κ3) is 3.36. The van der Waals surface area contributed by atoms with Crippen LogP contribution in [0.4, 0.5) is 0 Å². The van der Waals surface area contributed by atoms with E-state index in [2.05, 4.69) is 9.47 Å². The van der Waals surface area contributed by atoms with Gasteiger partial charge in [-0.05, 0) is 24.3 Å². The molecule has 5 nitrogen and oxygen atoms in total. The van der Waals surface area contributed by atoms with Crippen LogP contribution in [-0.2, 0) is 14.3 Å². The Morgan fingerprint density at radius 3 is 2.25 bits per heavy atom. The first-order valence-corrected chi connectivity index (χ1v) is 4.55. The lowest BCUT2D eigenvalue weighted by molar-refractivity contribution is -0.138. The normalized spacial score (nSPS) is 9.62. The molecule has 86 valence electrons. The van der Waals surface area contributed by atoms with Gasteiger partial charge in [0.05, 0.1) is 12.7 Å². The van der Waals surface area contributed by atoms with E-state index in [1.807, 2.05) is 0 Å². The monoisotopic (exact) mass is 224 g/mol. The molecule has 0 aromatic heterocycles. The number of benzene rings is 1. The van der Waals surface area contributed by atoms with E-state index in [4.69, 9.17) is 4.74 Å². The molecule has 0 heterocycles. The first-order chi connectivity index (χ1) is 7.67. The van der Waals surface area contributed by atoms with Crippen LogP contribution in [-0.4, -0.2) is 32.8 Å². The minimum absolute atomic E-state index is 0.112. The summed E-state index contributed by atoms with van der Waals surface area (Å²) < 4.78 is 14.0. The van der Waals surface area contributed by atoms with E-state index in [0.29, 0.717) is 11.3 Å². The van der Waals surface area contributed by atoms with Gasteiger partial charge in [0.25, 0.3) is 0 Å². The lowest BCUT2D eigenvalue weighted by atomic mass is 10.2. The standard InChI is InChI=1S/C11H12O5/c1-14-7-10(12)16-9-5-3-8(4-6-9)11(13)15-2/h3-6H,7H2,1-2H3. The molecule has 1 rings (SSSR count). The molecule has 0 bridgehead atoms. The van der Waals surface area contributed by atoms with Crippen LogP contribution in [0.2, 0.25) is 0 Å². The van der Waals surface area contributed by atoms with Crippen LogP contribution in [0.5, 0.6) is 5.75 Å². The van der Waals surface area contributed by atoms with Gasteiger partial charge in [0.2, 0.25) is 0 Å². The van der Waals surface area contributed by atoms with Crippen molar-refractivity contribution in [1.29, 1.82) is 0 Å². The molecule has 0 saturated heterocycles. The Morgan fingerprint density at radius 1 is 1.12 bits per heavy atom. The molecule has 16 heavy (non-hydrogen) atoms. The van der Waals surface area contributed by atoms with E-state index >= 15 is 0 Å². The molecule has 0 N–H and O–H groups in total. The SMILES string of the molecule is COCC(=O)Oc1ccc(C(=O)OC)cc1. The zero-order valence-electron chi connectivity index (χ0n) is 9.06. The van der Waals surface area contributed by atoms with E-state index < -0.39 is 11.9 Å². The smallest absolute Gasteiger partial charge is 0.337 e. The molecule has 0 saturated carbocycles. The predicted octanol–water partition coefficient (Wildman–Crippen LogP) is 1.03. The molecule has 0 aliphatic carbocycles. The zero-order chi connectivity index (χ0) is 12.0. The van der Waals surface area contributed by atoms with Crippen LogP contribution in [0.25, 0.3) is 0 Å². The fourth-order valence-corrected chi connectivity index (χ4v) is 1.06. The van der Waals surface area contributed by atoms with Crippen LogP contribution < -0.4 is 4.74 Å². The quantitative estimate of drug-likeness (QED) is 0.564. The van der Waals surface area contributed by atoms with E-state index in [1.165, 1.54) is 38.5 Å². The van der Waals surface area contributed by atoms with Gasteiger partial charge in [-0.1, -0.05) is 0 Å². The molecule has 0 spiro atoms. The topological polar surface area (TPSA) is 61.8 Å². The molecule has 0 fully saturated rings. The molecular formula is C11H12O5. The van der Waals surface area contributed by atoms with Crippen molar-refractivity contribution in [3.05, 3.63) is 29.8 Å². The van der Waals surface area contributed by atoms with Crippen LogP contribution in [0.3, 0.4) is 0 Å². The van der Waals surface area contributed by atoms with Crippen molar-refractivity contribution in [3.8, 4) is 5.75 Å². The Morgan fingerprint density at radius 2 is 1.75 bits per heavy atom. The first kappa shape index (κ1) is 12.2. The van der Waals surface area contributed by atoms with Gasteiger partial charge in [0.15, 0.2) is 0 Å². The summed E-state index contributed by atoms with van der Waals surface area (Å²) in [5.74, 6) is -0.571. The number of carbonyl (C=O) groups excluding carboxylic acids is 2. The van der Waals surface area contributed by atoms with Gasteiger partial charge in [0.1, 0.15) is 12.4 Å². The highest BCUT2D eigenvalue weighted by atomic mass is 16.6. The van der Waals surface area contributed by atoms with Crippen LogP contribution in [0.1, 0.15) is 10.4 Å². The average Bonchev–Trinajstić information content (AvgIpc) is 2.29. The van der Waals surface area contributed by atoms with Crippen molar-refractivity contribution >= 4 is 11.9 Å². The van der Waals surface area contributed by atoms with Crippen molar-refractivity contribution in [1.82, 2.24) is 0 Å². The maximum Gasteiger partial charge on any atom is 0.337 e. The Hall–Kier alpha value is -1.88. The van der Waals surface area contributed by atoms with Crippen molar-refractivity contribution in [2.24, 2.45) is 0 Å². The average molecular weight is 224 g/mol. The van der Waals surface area contributed by atoms with Crippen molar-refractivity contribution < 1.29 is 23.8 Å². The largest absolute Gasteiger partial charge is 0.465 e. The third-order valence-electron chi connectivity index (χ3n) is 1.77. The highest BCUT2D eigenvalue weighted by Crippen LogP contribution is 2.12. The second kappa shape index (κ2) is 5.87. The van der Waals surface area contributed by atoms with Gasteiger partial charge in [-0.3, -0.25) is 0 Å². The number of hydrogen-bond donors (Lipinski definition) is 0. The lowest BCUT2D eigenvalue weighted by Gasteiger charge is -2.04. The molecule has 0 unspecified atom stereocenters. The van der Waals surface area contributed by atoms with E-state index in [0.717, 1.165) is 0 Å². The van der Waals surface area contributed by atoms with Crippen LogP contribution in [0.15, 0.2) is 24.3 Å². The Kier molecular flexibility index (Phi) is 4.47. The predicted molar refractivity (Wildman–Crippen MR) is 55.3 cm³/mol. The second-order valence-corrected chi connectivity index (χ2v) is 2.92. The summed E-state index contributed by atoms with van der Waals surface area (Å²) >= 11 is 0. The van der Waals surface area contributed by atoms with E-state index in [1.54, 1.807) is 0 Å². The number of esters is 2. The fourth-order valence-electron chi connectivity index (χ4n) is 1.06. The maximum absolute atomic E-state index is 11.1.